The van der Waals surface area contributed by atoms with E-state index in [1.165, 1.54) is 22.5 Å². The van der Waals surface area contributed by atoms with Gasteiger partial charge in [0.15, 0.2) is 5.06 Å². The van der Waals surface area contributed by atoms with Crippen LogP contribution in [0.4, 0.5) is 4.79 Å². The van der Waals surface area contributed by atoms with Crippen molar-refractivity contribution in [1.82, 2.24) is 5.32 Å². The molecule has 0 bridgehead atoms. The number of thiophene rings is 1. The number of ether oxygens (including phenoxy) is 1. The number of benzene rings is 1. The van der Waals surface area contributed by atoms with Crippen LogP contribution in [-0.2, 0) is 12.8 Å². The molecule has 0 unspecified atom stereocenters. The van der Waals surface area contributed by atoms with Crippen LogP contribution in [0.25, 0.3) is 0 Å². The number of carbonyl (C=O) groups excluding carboxylic acids is 1. The van der Waals surface area contributed by atoms with Gasteiger partial charge in [0, 0.05) is 10.9 Å². The zero-order valence-corrected chi connectivity index (χ0v) is 11.5. The fourth-order valence-electron chi connectivity index (χ4n) is 2.42. The summed E-state index contributed by atoms with van der Waals surface area (Å²) in [5, 5.41) is 3.57. The molecule has 3 rings (SSSR count). The topological polar surface area (TPSA) is 38.3 Å². The first-order valence-corrected chi connectivity index (χ1v) is 7.14. The number of amides is 1. The van der Waals surface area contributed by atoms with Gasteiger partial charge in [-0.25, -0.2) is 4.79 Å². The van der Waals surface area contributed by atoms with E-state index in [-0.39, 0.29) is 12.1 Å². The maximum atomic E-state index is 11.8. The number of carbonyl (C=O) groups is 1. The van der Waals surface area contributed by atoms with Crippen LogP contribution in [0.3, 0.4) is 0 Å². The summed E-state index contributed by atoms with van der Waals surface area (Å²) in [5.74, 6) is 0. The largest absolute Gasteiger partial charge is 0.413 e. The zero-order chi connectivity index (χ0) is 13.2. The average Bonchev–Trinajstić information content (AvgIpc) is 2.94. The molecule has 1 aromatic heterocycles. The molecule has 0 fully saturated rings. The molecule has 98 valence electrons. The maximum absolute atomic E-state index is 11.8. The van der Waals surface area contributed by atoms with E-state index in [9.17, 15) is 4.79 Å². The Hall–Kier alpha value is -1.81. The quantitative estimate of drug-likeness (QED) is 0.911. The van der Waals surface area contributed by atoms with Gasteiger partial charge in [-0.15, -0.1) is 11.3 Å². The van der Waals surface area contributed by atoms with Crippen LogP contribution in [0.5, 0.6) is 5.06 Å². The van der Waals surface area contributed by atoms with E-state index in [0.29, 0.717) is 5.06 Å². The lowest BCUT2D eigenvalue weighted by atomic mass is 10.1. The molecule has 0 radical (unpaired) electrons. The first-order chi connectivity index (χ1) is 9.20. The van der Waals surface area contributed by atoms with Crippen molar-refractivity contribution in [2.75, 3.05) is 0 Å². The van der Waals surface area contributed by atoms with Crippen molar-refractivity contribution in [3.8, 4) is 5.06 Å². The molecule has 0 saturated heterocycles. The van der Waals surface area contributed by atoms with Crippen molar-refractivity contribution < 1.29 is 9.53 Å². The van der Waals surface area contributed by atoms with Crippen LogP contribution < -0.4 is 10.1 Å². The van der Waals surface area contributed by atoms with Gasteiger partial charge in [-0.2, -0.15) is 0 Å². The summed E-state index contributed by atoms with van der Waals surface area (Å²) in [6.45, 7) is 1.99. The van der Waals surface area contributed by atoms with Gasteiger partial charge in [0.25, 0.3) is 0 Å². The molecule has 1 aliphatic rings. The zero-order valence-electron chi connectivity index (χ0n) is 10.7. The third-order valence-corrected chi connectivity index (χ3v) is 4.16. The Labute approximate surface area is 116 Å². The van der Waals surface area contributed by atoms with Crippen molar-refractivity contribution in [2.45, 2.75) is 25.8 Å². The summed E-state index contributed by atoms with van der Waals surface area (Å²) in [4.78, 5) is 12.9. The third-order valence-electron chi connectivity index (χ3n) is 3.28. The van der Waals surface area contributed by atoms with E-state index in [4.69, 9.17) is 4.74 Å². The molecule has 1 heterocycles. The fraction of sp³-hybridized carbons (Fsp3) is 0.267. The van der Waals surface area contributed by atoms with Gasteiger partial charge in [-0.05, 0) is 43.0 Å². The second kappa shape index (κ2) is 5.05. The van der Waals surface area contributed by atoms with E-state index in [2.05, 4.69) is 17.4 Å². The van der Waals surface area contributed by atoms with Crippen molar-refractivity contribution in [1.29, 1.82) is 0 Å². The van der Waals surface area contributed by atoms with Crippen molar-refractivity contribution in [3.63, 3.8) is 0 Å². The fourth-order valence-corrected chi connectivity index (χ4v) is 3.12. The van der Waals surface area contributed by atoms with Crippen LogP contribution >= 0.6 is 11.3 Å². The van der Waals surface area contributed by atoms with Crippen molar-refractivity contribution in [2.24, 2.45) is 0 Å². The first-order valence-electron chi connectivity index (χ1n) is 6.32. The number of rotatable bonds is 2. The lowest BCUT2D eigenvalue weighted by Gasteiger charge is -2.11. The minimum Gasteiger partial charge on any atom is -0.399 e. The minimum atomic E-state index is -0.361. The molecule has 3 nitrogen and oxygen atoms in total. The minimum absolute atomic E-state index is 0.144. The van der Waals surface area contributed by atoms with Crippen LogP contribution in [0, 0.1) is 6.92 Å². The molecule has 2 aromatic rings. The van der Waals surface area contributed by atoms with E-state index in [1.807, 2.05) is 31.2 Å². The van der Waals surface area contributed by atoms with Gasteiger partial charge < -0.3 is 10.1 Å². The van der Waals surface area contributed by atoms with Gasteiger partial charge in [0.2, 0.25) is 0 Å². The predicted octanol–water partition coefficient (Wildman–Crippen LogP) is 3.31. The van der Waals surface area contributed by atoms with Gasteiger partial charge >= 0.3 is 6.09 Å². The molecule has 1 N–H and O–H groups in total. The van der Waals surface area contributed by atoms with Gasteiger partial charge in [0.05, 0.1) is 0 Å². The Morgan fingerprint density at radius 3 is 2.47 bits per heavy atom. The third kappa shape index (κ3) is 2.79. The maximum Gasteiger partial charge on any atom is 0.413 e. The van der Waals surface area contributed by atoms with Crippen molar-refractivity contribution in [3.05, 3.63) is 52.4 Å². The number of hydrogen-bond donors (Lipinski definition) is 1. The Morgan fingerprint density at radius 1 is 1.21 bits per heavy atom. The molecule has 0 saturated carbocycles. The van der Waals surface area contributed by atoms with Crippen molar-refractivity contribution >= 4 is 17.4 Å². The highest BCUT2D eigenvalue weighted by Gasteiger charge is 2.23. The lowest BCUT2D eigenvalue weighted by Crippen LogP contribution is -2.37. The summed E-state index contributed by atoms with van der Waals surface area (Å²) in [6.07, 6.45) is 1.41. The molecule has 1 aromatic carbocycles. The van der Waals surface area contributed by atoms with Crippen LogP contribution in [0.2, 0.25) is 0 Å². The van der Waals surface area contributed by atoms with Crippen LogP contribution in [0.15, 0.2) is 36.4 Å². The number of nitrogens with one attached hydrogen (secondary N) is 1. The molecular weight excluding hydrogens is 258 g/mol. The number of hydrogen-bond acceptors (Lipinski definition) is 3. The Morgan fingerprint density at radius 2 is 1.89 bits per heavy atom. The highest BCUT2D eigenvalue weighted by molar-refractivity contribution is 7.13. The summed E-state index contributed by atoms with van der Waals surface area (Å²) < 4.78 is 5.26. The summed E-state index contributed by atoms with van der Waals surface area (Å²) in [5.41, 5.74) is 2.64. The van der Waals surface area contributed by atoms with Crippen LogP contribution in [-0.4, -0.2) is 12.1 Å². The van der Waals surface area contributed by atoms with Gasteiger partial charge in [0.1, 0.15) is 0 Å². The average molecular weight is 273 g/mol. The number of aryl methyl sites for hydroxylation is 1. The Balaban J connectivity index is 1.57. The highest BCUT2D eigenvalue weighted by atomic mass is 32.1. The Bertz CT molecular complexity index is 581. The number of fused-ring (bicyclic) bond motifs is 1. The first kappa shape index (κ1) is 12.2. The molecular formula is C15H15NO2S. The summed E-state index contributed by atoms with van der Waals surface area (Å²) in [7, 11) is 0. The molecule has 4 heteroatoms. The predicted molar refractivity (Wildman–Crippen MR) is 75.9 cm³/mol. The standard InChI is InChI=1S/C15H15NO2S/c1-10-6-7-14(19-10)18-15(17)16-13-8-11-4-2-3-5-12(11)9-13/h2-7,13H,8-9H2,1H3,(H,16,17). The summed E-state index contributed by atoms with van der Waals surface area (Å²) in [6, 6.07) is 12.2. The molecule has 1 aliphatic carbocycles. The normalized spacial score (nSPS) is 14.2. The molecule has 19 heavy (non-hydrogen) atoms. The van der Waals surface area contributed by atoms with E-state index in [0.717, 1.165) is 17.7 Å². The van der Waals surface area contributed by atoms with E-state index < -0.39 is 0 Å². The molecule has 0 aliphatic heterocycles. The molecule has 0 spiro atoms. The van der Waals surface area contributed by atoms with Gasteiger partial charge in [-0.1, -0.05) is 24.3 Å². The monoisotopic (exact) mass is 273 g/mol. The molecule has 0 atom stereocenters. The second-order valence-electron chi connectivity index (χ2n) is 4.77. The second-order valence-corrected chi connectivity index (χ2v) is 6.02. The lowest BCUT2D eigenvalue weighted by molar-refractivity contribution is 0.198. The SMILES string of the molecule is Cc1ccc(OC(=O)NC2Cc3ccccc3C2)s1. The summed E-state index contributed by atoms with van der Waals surface area (Å²) >= 11 is 1.48. The van der Waals surface area contributed by atoms with Gasteiger partial charge in [-0.3, -0.25) is 0 Å². The Kier molecular flexibility index (Phi) is 3.25. The van der Waals surface area contributed by atoms with E-state index in [1.54, 1.807) is 0 Å². The van der Waals surface area contributed by atoms with E-state index >= 15 is 0 Å². The molecule has 1 amide bonds. The van der Waals surface area contributed by atoms with Crippen LogP contribution in [0.1, 0.15) is 16.0 Å². The smallest absolute Gasteiger partial charge is 0.399 e. The highest BCUT2D eigenvalue weighted by Crippen LogP contribution is 2.24.